The predicted octanol–water partition coefficient (Wildman–Crippen LogP) is 4.08. The third-order valence-corrected chi connectivity index (χ3v) is 4.66. The molecule has 1 aliphatic heterocycles. The molecule has 1 fully saturated rings. The van der Waals surface area contributed by atoms with Crippen LogP contribution in [0.5, 0.6) is 0 Å². The molecule has 1 aliphatic carbocycles. The van der Waals surface area contributed by atoms with E-state index < -0.39 is 0 Å². The van der Waals surface area contributed by atoms with Gasteiger partial charge in [0.05, 0.1) is 0 Å². The molecular weight excluding hydrogens is 284 g/mol. The normalized spacial score (nSPS) is 21.6. The molecule has 0 radical (unpaired) electrons. The Labute approximate surface area is 140 Å². The molecular formula is C20H28N2O. The third-order valence-electron chi connectivity index (χ3n) is 4.66. The van der Waals surface area contributed by atoms with Gasteiger partial charge in [0, 0.05) is 36.0 Å². The Bertz CT molecular complexity index is 574. The van der Waals surface area contributed by atoms with Gasteiger partial charge in [-0.05, 0) is 43.9 Å². The summed E-state index contributed by atoms with van der Waals surface area (Å²) in [7, 11) is 0. The van der Waals surface area contributed by atoms with E-state index >= 15 is 0 Å². The standard InChI is InChI=1S/C20H28N2O/c1-5-15(3)21-18-10-11-19(16(4)17(6-2)14-18)20(23)22-12-8-7-9-13-22/h5,10-11,14,16,21H,1,3,6-9,12-13H2,2,4H3. The first-order valence-corrected chi connectivity index (χ1v) is 8.56. The fourth-order valence-corrected chi connectivity index (χ4v) is 3.15. The summed E-state index contributed by atoms with van der Waals surface area (Å²) >= 11 is 0. The molecule has 0 bridgehead atoms. The number of amides is 1. The Morgan fingerprint density at radius 3 is 2.65 bits per heavy atom. The van der Waals surface area contributed by atoms with Crippen molar-refractivity contribution >= 4 is 5.91 Å². The van der Waals surface area contributed by atoms with Gasteiger partial charge in [-0.3, -0.25) is 4.79 Å². The van der Waals surface area contributed by atoms with E-state index in [1.165, 1.54) is 12.0 Å². The molecule has 2 aliphatic rings. The molecule has 0 aromatic heterocycles. The number of nitrogens with one attached hydrogen (secondary N) is 1. The third kappa shape index (κ3) is 4.25. The largest absolute Gasteiger partial charge is 0.356 e. The molecule has 23 heavy (non-hydrogen) atoms. The number of piperidine rings is 1. The van der Waals surface area contributed by atoms with E-state index in [4.69, 9.17) is 0 Å². The summed E-state index contributed by atoms with van der Waals surface area (Å²) in [4.78, 5) is 14.9. The molecule has 3 nitrogen and oxygen atoms in total. The van der Waals surface area contributed by atoms with E-state index in [1.54, 1.807) is 6.08 Å². The van der Waals surface area contributed by atoms with Crippen LogP contribution in [0.25, 0.3) is 0 Å². The van der Waals surface area contributed by atoms with E-state index in [9.17, 15) is 4.79 Å². The zero-order chi connectivity index (χ0) is 16.8. The van der Waals surface area contributed by atoms with E-state index in [0.29, 0.717) is 0 Å². The highest BCUT2D eigenvalue weighted by molar-refractivity contribution is 5.95. The van der Waals surface area contributed by atoms with Gasteiger partial charge in [0.2, 0.25) is 5.91 Å². The van der Waals surface area contributed by atoms with Gasteiger partial charge in [-0.2, -0.15) is 0 Å². The number of hydrogen-bond acceptors (Lipinski definition) is 2. The summed E-state index contributed by atoms with van der Waals surface area (Å²) in [5, 5.41) is 3.24. The highest BCUT2D eigenvalue weighted by atomic mass is 16.2. The Morgan fingerprint density at radius 2 is 2.04 bits per heavy atom. The van der Waals surface area contributed by atoms with Crippen molar-refractivity contribution in [3.63, 3.8) is 0 Å². The zero-order valence-electron chi connectivity index (χ0n) is 14.4. The molecule has 2 rings (SSSR count). The molecule has 0 spiro atoms. The van der Waals surface area contributed by atoms with Crippen molar-refractivity contribution in [1.29, 1.82) is 0 Å². The number of carbonyl (C=O) groups excluding carboxylic acids is 1. The number of rotatable bonds is 5. The SMILES string of the molecule is C=CC(=C)NC1=CC=C(C(=O)N2CCCCC2)C(C)C(CC)=C1. The van der Waals surface area contributed by atoms with Crippen LogP contribution in [0.3, 0.4) is 0 Å². The second kappa shape index (κ2) is 8.00. The maximum atomic E-state index is 12.9. The smallest absolute Gasteiger partial charge is 0.250 e. The van der Waals surface area contributed by atoms with Gasteiger partial charge < -0.3 is 10.2 Å². The van der Waals surface area contributed by atoms with Gasteiger partial charge in [0.25, 0.3) is 0 Å². The molecule has 1 heterocycles. The Hall–Kier alpha value is -2.03. The molecule has 0 aromatic rings. The second-order valence-electron chi connectivity index (χ2n) is 6.25. The van der Waals surface area contributed by atoms with Crippen LogP contribution in [0.1, 0.15) is 39.5 Å². The first-order valence-electron chi connectivity index (χ1n) is 8.56. The van der Waals surface area contributed by atoms with Crippen LogP contribution >= 0.6 is 0 Å². The van der Waals surface area contributed by atoms with Crippen molar-refractivity contribution in [1.82, 2.24) is 10.2 Å². The van der Waals surface area contributed by atoms with E-state index in [0.717, 1.165) is 49.3 Å². The lowest BCUT2D eigenvalue weighted by atomic mass is 9.90. The highest BCUT2D eigenvalue weighted by Crippen LogP contribution is 2.29. The van der Waals surface area contributed by atoms with Crippen LogP contribution in [0.15, 0.2) is 60.0 Å². The molecule has 1 atom stereocenters. The maximum Gasteiger partial charge on any atom is 0.250 e. The van der Waals surface area contributed by atoms with Crippen molar-refractivity contribution in [2.45, 2.75) is 39.5 Å². The number of hydrogen-bond donors (Lipinski definition) is 1. The summed E-state index contributed by atoms with van der Waals surface area (Å²) in [6, 6.07) is 0. The Balaban J connectivity index is 2.27. The van der Waals surface area contributed by atoms with Crippen LogP contribution in [0.2, 0.25) is 0 Å². The predicted molar refractivity (Wildman–Crippen MR) is 96.6 cm³/mol. The number of allylic oxidation sites excluding steroid dienone is 5. The maximum absolute atomic E-state index is 12.9. The average molecular weight is 312 g/mol. The minimum Gasteiger partial charge on any atom is -0.356 e. The minimum absolute atomic E-state index is 0.141. The van der Waals surface area contributed by atoms with Gasteiger partial charge in [0.15, 0.2) is 0 Å². The molecule has 1 saturated heterocycles. The van der Waals surface area contributed by atoms with Gasteiger partial charge in [-0.25, -0.2) is 0 Å². The van der Waals surface area contributed by atoms with Crippen LogP contribution < -0.4 is 5.32 Å². The van der Waals surface area contributed by atoms with Crippen molar-refractivity contribution in [2.24, 2.45) is 5.92 Å². The van der Waals surface area contributed by atoms with Crippen LogP contribution in [-0.4, -0.2) is 23.9 Å². The van der Waals surface area contributed by atoms with Crippen molar-refractivity contribution in [2.75, 3.05) is 13.1 Å². The van der Waals surface area contributed by atoms with Crippen LogP contribution in [0.4, 0.5) is 0 Å². The van der Waals surface area contributed by atoms with Crippen molar-refractivity contribution < 1.29 is 4.79 Å². The molecule has 1 amide bonds. The van der Waals surface area contributed by atoms with E-state index in [-0.39, 0.29) is 11.8 Å². The zero-order valence-corrected chi connectivity index (χ0v) is 14.4. The first-order chi connectivity index (χ1) is 11.1. The van der Waals surface area contributed by atoms with Crippen LogP contribution in [0, 0.1) is 5.92 Å². The number of likely N-dealkylation sites (tertiary alicyclic amines) is 1. The second-order valence-corrected chi connectivity index (χ2v) is 6.25. The van der Waals surface area contributed by atoms with Gasteiger partial charge >= 0.3 is 0 Å². The van der Waals surface area contributed by atoms with Gasteiger partial charge in [0.1, 0.15) is 0 Å². The van der Waals surface area contributed by atoms with Crippen LogP contribution in [-0.2, 0) is 4.79 Å². The summed E-state index contributed by atoms with van der Waals surface area (Å²) in [6.45, 7) is 13.7. The summed E-state index contributed by atoms with van der Waals surface area (Å²) in [5.41, 5.74) is 3.87. The Kier molecular flexibility index (Phi) is 6.03. The molecule has 1 unspecified atom stereocenters. The lowest BCUT2D eigenvalue weighted by Gasteiger charge is -2.29. The molecule has 0 aromatic carbocycles. The topological polar surface area (TPSA) is 32.3 Å². The summed E-state index contributed by atoms with van der Waals surface area (Å²) < 4.78 is 0. The quantitative estimate of drug-likeness (QED) is 0.776. The minimum atomic E-state index is 0.141. The lowest BCUT2D eigenvalue weighted by Crippen LogP contribution is -2.37. The average Bonchev–Trinajstić information content (AvgIpc) is 2.74. The van der Waals surface area contributed by atoms with Gasteiger partial charge in [-0.15, -0.1) is 0 Å². The van der Waals surface area contributed by atoms with E-state index in [1.807, 2.05) is 17.1 Å². The highest BCUT2D eigenvalue weighted by Gasteiger charge is 2.26. The summed E-state index contributed by atoms with van der Waals surface area (Å²) in [5.74, 6) is 0.332. The molecule has 1 N–H and O–H groups in total. The van der Waals surface area contributed by atoms with E-state index in [2.05, 4.69) is 38.4 Å². The van der Waals surface area contributed by atoms with Crippen molar-refractivity contribution in [3.05, 3.63) is 60.0 Å². The van der Waals surface area contributed by atoms with Crippen molar-refractivity contribution in [3.8, 4) is 0 Å². The number of carbonyl (C=O) groups is 1. The molecule has 0 saturated carbocycles. The lowest BCUT2D eigenvalue weighted by molar-refractivity contribution is -0.128. The monoisotopic (exact) mass is 312 g/mol. The fourth-order valence-electron chi connectivity index (χ4n) is 3.15. The first kappa shape index (κ1) is 17.3. The summed E-state index contributed by atoms with van der Waals surface area (Å²) in [6.07, 6.45) is 12.2. The molecule has 3 heteroatoms. The fraction of sp³-hybridized carbons (Fsp3) is 0.450. The molecule has 124 valence electrons. The number of nitrogens with zero attached hydrogens (tertiary/aromatic N) is 1. The van der Waals surface area contributed by atoms with Gasteiger partial charge in [-0.1, -0.05) is 38.7 Å². The Morgan fingerprint density at radius 1 is 1.35 bits per heavy atom.